The number of anilines is 2. The summed E-state index contributed by atoms with van der Waals surface area (Å²) in [5.41, 5.74) is 0.796. The van der Waals surface area contributed by atoms with E-state index >= 15 is 0 Å². The highest BCUT2D eigenvalue weighted by Gasteiger charge is 2.12. The van der Waals surface area contributed by atoms with Crippen molar-refractivity contribution in [2.45, 2.75) is 0 Å². The number of hydrogen-bond acceptors (Lipinski definition) is 4. The maximum atomic E-state index is 10.8. The van der Waals surface area contributed by atoms with Gasteiger partial charge in [0.15, 0.2) is 5.13 Å². The summed E-state index contributed by atoms with van der Waals surface area (Å²) in [6.45, 7) is 0. The minimum Gasteiger partial charge on any atom is -0.477 e. The van der Waals surface area contributed by atoms with Gasteiger partial charge in [0.1, 0.15) is 4.88 Å². The lowest BCUT2D eigenvalue weighted by Crippen LogP contribution is -1.92. The molecule has 4 nitrogen and oxygen atoms in total. The number of carboxylic acids is 1. The van der Waals surface area contributed by atoms with E-state index in [0.717, 1.165) is 30.4 Å². The topological polar surface area (TPSA) is 62.2 Å². The molecular formula is C10H5Br3N2O2S. The maximum absolute atomic E-state index is 10.8. The third kappa shape index (κ3) is 3.11. The lowest BCUT2D eigenvalue weighted by atomic mass is 10.3. The van der Waals surface area contributed by atoms with Gasteiger partial charge in [-0.2, -0.15) is 0 Å². The Bertz CT molecular complexity index is 592. The number of carboxylic acid groups (broad SMARTS) is 1. The number of thiazole rings is 1. The fourth-order valence-electron chi connectivity index (χ4n) is 1.20. The zero-order valence-corrected chi connectivity index (χ0v) is 14.2. The van der Waals surface area contributed by atoms with Crippen LogP contribution in [0.3, 0.4) is 0 Å². The predicted octanol–water partition coefficient (Wildman–Crippen LogP) is 4.87. The molecule has 1 heterocycles. The molecule has 0 unspecified atom stereocenters. The number of carbonyl (C=O) groups is 1. The molecule has 2 aromatic rings. The first kappa shape index (κ1) is 14.0. The van der Waals surface area contributed by atoms with Crippen LogP contribution in [-0.2, 0) is 0 Å². The number of nitrogens with zero attached hydrogens (tertiary/aromatic N) is 1. The standard InChI is InChI=1S/C10H5Br3N2O2S/c11-4-1-5(12)8(6(13)2-4)15-10-14-3-7(18-10)9(16)17/h1-3H,(H,14,15)(H,16,17). The van der Waals surface area contributed by atoms with E-state index in [2.05, 4.69) is 58.1 Å². The zero-order valence-electron chi connectivity index (χ0n) is 8.58. The van der Waals surface area contributed by atoms with Gasteiger partial charge in [-0.1, -0.05) is 27.3 Å². The fourth-order valence-corrected chi connectivity index (χ4v) is 4.32. The van der Waals surface area contributed by atoms with Crippen LogP contribution in [0.1, 0.15) is 9.67 Å². The summed E-state index contributed by atoms with van der Waals surface area (Å²) < 4.78 is 2.61. The number of halogens is 3. The van der Waals surface area contributed by atoms with Gasteiger partial charge >= 0.3 is 5.97 Å². The first-order valence-corrected chi connectivity index (χ1v) is 7.77. The lowest BCUT2D eigenvalue weighted by molar-refractivity contribution is 0.0702. The van der Waals surface area contributed by atoms with Gasteiger partial charge < -0.3 is 10.4 Å². The Morgan fingerprint density at radius 1 is 1.28 bits per heavy atom. The van der Waals surface area contributed by atoms with Gasteiger partial charge in [0, 0.05) is 13.4 Å². The van der Waals surface area contributed by atoms with Gasteiger partial charge in [-0.15, -0.1) is 0 Å². The SMILES string of the molecule is O=C(O)c1cnc(Nc2c(Br)cc(Br)cc2Br)s1. The molecule has 0 aliphatic heterocycles. The molecule has 0 bridgehead atoms. The number of rotatable bonds is 3. The highest BCUT2D eigenvalue weighted by Crippen LogP contribution is 2.37. The maximum Gasteiger partial charge on any atom is 0.347 e. The Labute approximate surface area is 132 Å². The number of nitrogens with one attached hydrogen (secondary N) is 1. The molecule has 2 rings (SSSR count). The molecule has 0 aliphatic rings. The molecule has 0 fully saturated rings. The molecule has 0 atom stereocenters. The molecule has 0 saturated carbocycles. The van der Waals surface area contributed by atoms with Crippen LogP contribution in [-0.4, -0.2) is 16.1 Å². The van der Waals surface area contributed by atoms with E-state index < -0.39 is 5.97 Å². The lowest BCUT2D eigenvalue weighted by Gasteiger charge is -2.08. The summed E-state index contributed by atoms with van der Waals surface area (Å²) in [6.07, 6.45) is 1.33. The van der Waals surface area contributed by atoms with E-state index in [0.29, 0.717) is 5.13 Å². The van der Waals surface area contributed by atoms with Gasteiger partial charge in [0.2, 0.25) is 0 Å². The highest BCUT2D eigenvalue weighted by atomic mass is 79.9. The fraction of sp³-hybridized carbons (Fsp3) is 0. The molecule has 8 heteroatoms. The van der Waals surface area contributed by atoms with Gasteiger partial charge in [-0.05, 0) is 44.0 Å². The molecule has 18 heavy (non-hydrogen) atoms. The molecule has 0 saturated heterocycles. The van der Waals surface area contributed by atoms with Gasteiger partial charge in [-0.3, -0.25) is 0 Å². The summed E-state index contributed by atoms with van der Waals surface area (Å²) in [6, 6.07) is 3.78. The predicted molar refractivity (Wildman–Crippen MR) is 81.9 cm³/mol. The van der Waals surface area contributed by atoms with Crippen molar-refractivity contribution in [3.63, 3.8) is 0 Å². The molecule has 0 radical (unpaired) electrons. The van der Waals surface area contributed by atoms with Crippen LogP contribution in [0, 0.1) is 0 Å². The zero-order chi connectivity index (χ0) is 13.3. The summed E-state index contributed by atoms with van der Waals surface area (Å²) >= 11 is 11.3. The van der Waals surface area contributed by atoms with Crippen LogP contribution in [0.2, 0.25) is 0 Å². The van der Waals surface area contributed by atoms with Gasteiger partial charge in [-0.25, -0.2) is 9.78 Å². The molecule has 1 aromatic carbocycles. The van der Waals surface area contributed by atoms with E-state index in [1.807, 2.05) is 12.1 Å². The van der Waals surface area contributed by atoms with E-state index in [4.69, 9.17) is 5.11 Å². The summed E-state index contributed by atoms with van der Waals surface area (Å²) in [5.74, 6) is -0.977. The van der Waals surface area contributed by atoms with E-state index in [1.54, 1.807) is 0 Å². The van der Waals surface area contributed by atoms with Crippen LogP contribution in [0.15, 0.2) is 31.7 Å². The van der Waals surface area contributed by atoms with Crippen LogP contribution < -0.4 is 5.32 Å². The van der Waals surface area contributed by atoms with Crippen molar-refractivity contribution in [1.82, 2.24) is 4.98 Å². The van der Waals surface area contributed by atoms with Crippen molar-refractivity contribution >= 4 is 75.9 Å². The van der Waals surface area contributed by atoms with E-state index in [1.165, 1.54) is 6.20 Å². The van der Waals surface area contributed by atoms with Gasteiger partial charge in [0.25, 0.3) is 0 Å². The van der Waals surface area contributed by atoms with Gasteiger partial charge in [0.05, 0.1) is 11.9 Å². The number of hydrogen-bond donors (Lipinski definition) is 2. The normalized spacial score (nSPS) is 10.4. The number of benzene rings is 1. The Hall–Kier alpha value is -0.440. The molecule has 94 valence electrons. The first-order valence-electron chi connectivity index (χ1n) is 4.58. The molecule has 0 amide bonds. The van der Waals surface area contributed by atoms with Crippen LogP contribution in [0.5, 0.6) is 0 Å². The second-order valence-electron chi connectivity index (χ2n) is 3.20. The average Bonchev–Trinajstić information content (AvgIpc) is 2.71. The molecular weight excluding hydrogens is 452 g/mol. The van der Waals surface area contributed by atoms with Crippen LogP contribution in [0.4, 0.5) is 10.8 Å². The highest BCUT2D eigenvalue weighted by molar-refractivity contribution is 9.11. The van der Waals surface area contributed by atoms with Crippen molar-refractivity contribution in [2.24, 2.45) is 0 Å². The van der Waals surface area contributed by atoms with Crippen LogP contribution >= 0.6 is 59.1 Å². The number of aromatic nitrogens is 1. The summed E-state index contributed by atoms with van der Waals surface area (Å²) in [5, 5.41) is 12.4. The van der Waals surface area contributed by atoms with Crippen molar-refractivity contribution in [2.75, 3.05) is 5.32 Å². The van der Waals surface area contributed by atoms with E-state index in [9.17, 15) is 4.79 Å². The summed E-state index contributed by atoms with van der Waals surface area (Å²) in [7, 11) is 0. The van der Waals surface area contributed by atoms with E-state index in [-0.39, 0.29) is 4.88 Å². The largest absolute Gasteiger partial charge is 0.477 e. The van der Waals surface area contributed by atoms with Crippen molar-refractivity contribution < 1.29 is 9.90 Å². The molecule has 0 aliphatic carbocycles. The monoisotopic (exact) mass is 454 g/mol. The second-order valence-corrected chi connectivity index (χ2v) is 6.86. The second kappa shape index (κ2) is 5.68. The minimum absolute atomic E-state index is 0.196. The van der Waals surface area contributed by atoms with Crippen molar-refractivity contribution in [1.29, 1.82) is 0 Å². The molecule has 1 aromatic heterocycles. The summed E-state index contributed by atoms with van der Waals surface area (Å²) in [4.78, 5) is 15.0. The van der Waals surface area contributed by atoms with Crippen molar-refractivity contribution in [3.8, 4) is 0 Å². The number of aromatic carboxylic acids is 1. The Morgan fingerprint density at radius 2 is 1.89 bits per heavy atom. The first-order chi connectivity index (χ1) is 8.47. The van der Waals surface area contributed by atoms with Crippen molar-refractivity contribution in [3.05, 3.63) is 36.6 Å². The Balaban J connectivity index is 2.31. The molecule has 2 N–H and O–H groups in total. The Morgan fingerprint density at radius 3 is 2.39 bits per heavy atom. The quantitative estimate of drug-likeness (QED) is 0.691. The molecule has 0 spiro atoms. The minimum atomic E-state index is -0.977. The third-order valence-electron chi connectivity index (χ3n) is 1.96. The van der Waals surface area contributed by atoms with Crippen LogP contribution in [0.25, 0.3) is 0 Å². The smallest absolute Gasteiger partial charge is 0.347 e. The average molecular weight is 457 g/mol. The third-order valence-corrected chi connectivity index (χ3v) is 4.56. The Kier molecular flexibility index (Phi) is 4.41.